The Morgan fingerprint density at radius 1 is 1.32 bits per heavy atom. The molecule has 0 aromatic carbocycles. The lowest BCUT2D eigenvalue weighted by Gasteiger charge is -2.33. The maximum atomic E-state index is 12.5. The fourth-order valence-electron chi connectivity index (χ4n) is 2.33. The van der Waals surface area contributed by atoms with E-state index in [0.717, 1.165) is 19.5 Å². The maximum absolute atomic E-state index is 12.5. The molecule has 0 aromatic heterocycles. The Morgan fingerprint density at radius 2 is 1.95 bits per heavy atom. The van der Waals surface area contributed by atoms with E-state index in [1.807, 2.05) is 11.8 Å². The van der Waals surface area contributed by atoms with E-state index in [2.05, 4.69) is 6.92 Å². The van der Waals surface area contributed by atoms with Gasteiger partial charge in [-0.05, 0) is 39.0 Å². The van der Waals surface area contributed by atoms with E-state index in [0.29, 0.717) is 12.5 Å². The van der Waals surface area contributed by atoms with Crippen LogP contribution in [0.15, 0.2) is 0 Å². The molecular formula is C14H26N2O3. The van der Waals surface area contributed by atoms with E-state index in [-0.39, 0.29) is 18.5 Å². The summed E-state index contributed by atoms with van der Waals surface area (Å²) in [5, 5.41) is 8.86. The molecule has 19 heavy (non-hydrogen) atoms. The first-order chi connectivity index (χ1) is 8.99. The molecule has 0 saturated heterocycles. The van der Waals surface area contributed by atoms with Gasteiger partial charge in [-0.1, -0.05) is 6.92 Å². The summed E-state index contributed by atoms with van der Waals surface area (Å²) >= 11 is 0. The number of aliphatic carboxylic acids is 1. The SMILES string of the molecule is CCCN(CC1CC1)C(=O)N(CC)C(C)CC(=O)O. The largest absolute Gasteiger partial charge is 0.481 e. The number of rotatable bonds is 8. The lowest BCUT2D eigenvalue weighted by Crippen LogP contribution is -2.48. The van der Waals surface area contributed by atoms with Crippen LogP contribution in [0.2, 0.25) is 0 Å². The predicted octanol–water partition coefficient (Wildman–Crippen LogP) is 2.41. The smallest absolute Gasteiger partial charge is 0.320 e. The van der Waals surface area contributed by atoms with Gasteiger partial charge in [0.25, 0.3) is 0 Å². The number of nitrogens with zero attached hydrogens (tertiary/aromatic N) is 2. The Bertz CT molecular complexity index is 316. The number of carboxylic acid groups (broad SMARTS) is 1. The molecule has 2 amide bonds. The average Bonchev–Trinajstić information content (AvgIpc) is 3.12. The van der Waals surface area contributed by atoms with Crippen molar-refractivity contribution in [2.75, 3.05) is 19.6 Å². The zero-order chi connectivity index (χ0) is 14.4. The van der Waals surface area contributed by atoms with E-state index in [9.17, 15) is 9.59 Å². The fourth-order valence-corrected chi connectivity index (χ4v) is 2.33. The predicted molar refractivity (Wildman–Crippen MR) is 74.1 cm³/mol. The maximum Gasteiger partial charge on any atom is 0.320 e. The molecule has 0 radical (unpaired) electrons. The van der Waals surface area contributed by atoms with Gasteiger partial charge >= 0.3 is 12.0 Å². The summed E-state index contributed by atoms with van der Waals surface area (Å²) in [5.41, 5.74) is 0. The second-order valence-electron chi connectivity index (χ2n) is 5.40. The van der Waals surface area contributed by atoms with Gasteiger partial charge in [-0.25, -0.2) is 4.79 Å². The minimum absolute atomic E-state index is 0.00295. The molecule has 5 nitrogen and oxygen atoms in total. The highest BCUT2D eigenvalue weighted by Crippen LogP contribution is 2.30. The van der Waals surface area contributed by atoms with Crippen LogP contribution in [-0.2, 0) is 4.79 Å². The average molecular weight is 270 g/mol. The third-order valence-electron chi connectivity index (χ3n) is 3.53. The summed E-state index contributed by atoms with van der Waals surface area (Å²) in [7, 11) is 0. The van der Waals surface area contributed by atoms with Crippen LogP contribution in [0.1, 0.15) is 46.5 Å². The van der Waals surface area contributed by atoms with Crippen LogP contribution in [0.5, 0.6) is 0 Å². The second kappa shape index (κ2) is 7.36. The summed E-state index contributed by atoms with van der Waals surface area (Å²) in [6, 6.07) is -0.265. The molecule has 1 fully saturated rings. The third kappa shape index (κ3) is 5.09. The Morgan fingerprint density at radius 3 is 2.37 bits per heavy atom. The van der Waals surface area contributed by atoms with E-state index in [1.165, 1.54) is 12.8 Å². The van der Waals surface area contributed by atoms with E-state index >= 15 is 0 Å². The molecular weight excluding hydrogens is 244 g/mol. The minimum atomic E-state index is -0.858. The van der Waals surface area contributed by atoms with Crippen molar-refractivity contribution >= 4 is 12.0 Å². The van der Waals surface area contributed by atoms with Crippen molar-refractivity contribution < 1.29 is 14.7 Å². The summed E-state index contributed by atoms with van der Waals surface area (Å²) in [6.07, 6.45) is 3.36. The van der Waals surface area contributed by atoms with Crippen LogP contribution in [0.4, 0.5) is 4.79 Å². The molecule has 1 aliphatic carbocycles. The van der Waals surface area contributed by atoms with Crippen molar-refractivity contribution in [1.82, 2.24) is 9.80 Å². The van der Waals surface area contributed by atoms with Crippen LogP contribution < -0.4 is 0 Å². The second-order valence-corrected chi connectivity index (χ2v) is 5.40. The number of carbonyl (C=O) groups excluding carboxylic acids is 1. The van der Waals surface area contributed by atoms with Gasteiger partial charge in [0.05, 0.1) is 6.42 Å². The van der Waals surface area contributed by atoms with Crippen molar-refractivity contribution in [1.29, 1.82) is 0 Å². The van der Waals surface area contributed by atoms with Crippen molar-refractivity contribution in [2.24, 2.45) is 5.92 Å². The molecule has 1 saturated carbocycles. The van der Waals surface area contributed by atoms with Gasteiger partial charge < -0.3 is 14.9 Å². The molecule has 1 rings (SSSR count). The molecule has 0 spiro atoms. The van der Waals surface area contributed by atoms with Crippen LogP contribution in [0, 0.1) is 5.92 Å². The first-order valence-corrected chi connectivity index (χ1v) is 7.26. The standard InChI is InChI=1S/C14H26N2O3/c1-4-8-15(10-12-6-7-12)14(19)16(5-2)11(3)9-13(17)18/h11-12H,4-10H2,1-3H3,(H,17,18). The first kappa shape index (κ1) is 15.8. The lowest BCUT2D eigenvalue weighted by atomic mass is 10.2. The Labute approximate surface area is 115 Å². The monoisotopic (exact) mass is 270 g/mol. The summed E-state index contributed by atoms with van der Waals surface area (Å²) in [6.45, 7) is 7.89. The molecule has 1 aliphatic rings. The third-order valence-corrected chi connectivity index (χ3v) is 3.53. The van der Waals surface area contributed by atoms with E-state index in [1.54, 1.807) is 11.8 Å². The van der Waals surface area contributed by atoms with E-state index in [4.69, 9.17) is 5.11 Å². The quantitative estimate of drug-likeness (QED) is 0.736. The normalized spacial score (nSPS) is 15.9. The van der Waals surface area contributed by atoms with Gasteiger partial charge in [0.15, 0.2) is 0 Å². The highest BCUT2D eigenvalue weighted by molar-refractivity contribution is 5.76. The Kier molecular flexibility index (Phi) is 6.12. The summed E-state index contributed by atoms with van der Waals surface area (Å²) in [4.78, 5) is 26.9. The molecule has 1 atom stereocenters. The van der Waals surface area contributed by atoms with Crippen molar-refractivity contribution in [3.05, 3.63) is 0 Å². The number of hydrogen-bond acceptors (Lipinski definition) is 2. The van der Waals surface area contributed by atoms with Gasteiger partial charge in [0, 0.05) is 25.7 Å². The molecule has 1 unspecified atom stereocenters. The Hall–Kier alpha value is -1.26. The van der Waals surface area contributed by atoms with Gasteiger partial charge in [-0.2, -0.15) is 0 Å². The van der Waals surface area contributed by atoms with Crippen molar-refractivity contribution in [3.8, 4) is 0 Å². The number of carbonyl (C=O) groups is 2. The zero-order valence-electron chi connectivity index (χ0n) is 12.3. The molecule has 0 aromatic rings. The highest BCUT2D eigenvalue weighted by Gasteiger charge is 2.30. The van der Waals surface area contributed by atoms with Gasteiger partial charge in [0.2, 0.25) is 0 Å². The number of amides is 2. The minimum Gasteiger partial charge on any atom is -0.481 e. The van der Waals surface area contributed by atoms with Crippen LogP contribution >= 0.6 is 0 Å². The molecule has 110 valence electrons. The number of hydrogen-bond donors (Lipinski definition) is 1. The lowest BCUT2D eigenvalue weighted by molar-refractivity contribution is -0.138. The van der Waals surface area contributed by atoms with E-state index < -0.39 is 5.97 Å². The van der Waals surface area contributed by atoms with Gasteiger partial charge in [-0.15, -0.1) is 0 Å². The number of carboxylic acids is 1. The van der Waals surface area contributed by atoms with Crippen LogP contribution in [0.25, 0.3) is 0 Å². The van der Waals surface area contributed by atoms with Crippen molar-refractivity contribution in [3.63, 3.8) is 0 Å². The number of urea groups is 1. The van der Waals surface area contributed by atoms with Crippen molar-refractivity contribution in [2.45, 2.75) is 52.5 Å². The molecule has 0 aliphatic heterocycles. The summed E-state index contributed by atoms with van der Waals surface area (Å²) < 4.78 is 0. The summed E-state index contributed by atoms with van der Waals surface area (Å²) in [5.74, 6) is -0.202. The molecule has 0 bridgehead atoms. The first-order valence-electron chi connectivity index (χ1n) is 7.26. The fraction of sp³-hybridized carbons (Fsp3) is 0.857. The molecule has 5 heteroatoms. The van der Waals surface area contributed by atoms with Crippen LogP contribution in [0.3, 0.4) is 0 Å². The molecule has 0 heterocycles. The highest BCUT2D eigenvalue weighted by atomic mass is 16.4. The van der Waals surface area contributed by atoms with Crippen LogP contribution in [-0.4, -0.2) is 52.6 Å². The topological polar surface area (TPSA) is 60.9 Å². The Balaban J connectivity index is 2.63. The van der Waals surface area contributed by atoms with Gasteiger partial charge in [-0.3, -0.25) is 4.79 Å². The van der Waals surface area contributed by atoms with Gasteiger partial charge in [0.1, 0.15) is 0 Å². The zero-order valence-corrected chi connectivity index (χ0v) is 12.3. The molecule has 1 N–H and O–H groups in total.